The Morgan fingerprint density at radius 2 is 1.56 bits per heavy atom. The molecule has 25 heavy (non-hydrogen) atoms. The molecule has 1 fully saturated rings. The van der Waals surface area contributed by atoms with Gasteiger partial charge in [-0.05, 0) is 36.4 Å². The molecule has 2 aromatic rings. The van der Waals surface area contributed by atoms with E-state index in [9.17, 15) is 4.79 Å². The van der Waals surface area contributed by atoms with E-state index in [0.29, 0.717) is 35.2 Å². The van der Waals surface area contributed by atoms with Gasteiger partial charge in [-0.2, -0.15) is 0 Å². The van der Waals surface area contributed by atoms with Crippen LogP contribution in [0, 0.1) is 0 Å². The van der Waals surface area contributed by atoms with Crippen LogP contribution in [0.3, 0.4) is 0 Å². The highest BCUT2D eigenvalue weighted by atomic mass is 35.5. The second kappa shape index (κ2) is 7.66. The molecule has 2 aromatic carbocycles. The van der Waals surface area contributed by atoms with Crippen molar-refractivity contribution in [3.05, 3.63) is 53.1 Å². The minimum atomic E-state index is 0.0450. The minimum Gasteiger partial charge on any atom is -0.493 e. The highest BCUT2D eigenvalue weighted by Gasteiger charge is 2.23. The number of hydrogen-bond acceptors (Lipinski definition) is 4. The third-order valence-electron chi connectivity index (χ3n) is 4.39. The van der Waals surface area contributed by atoms with E-state index in [1.807, 2.05) is 23.1 Å². The summed E-state index contributed by atoms with van der Waals surface area (Å²) in [5.74, 6) is 1.46. The van der Waals surface area contributed by atoms with Gasteiger partial charge in [0, 0.05) is 48.5 Å². The van der Waals surface area contributed by atoms with Crippen LogP contribution in [-0.4, -0.2) is 51.2 Å². The molecule has 0 aliphatic carbocycles. The number of halogens is 1. The van der Waals surface area contributed by atoms with Gasteiger partial charge in [0.2, 0.25) is 0 Å². The summed E-state index contributed by atoms with van der Waals surface area (Å²) in [6, 6.07) is 12.9. The third kappa shape index (κ3) is 3.82. The van der Waals surface area contributed by atoms with Gasteiger partial charge in [0.1, 0.15) is 0 Å². The van der Waals surface area contributed by atoms with Gasteiger partial charge >= 0.3 is 0 Å². The van der Waals surface area contributed by atoms with Crippen molar-refractivity contribution in [2.24, 2.45) is 0 Å². The number of ether oxygens (including phenoxy) is 2. The standard InChI is InChI=1S/C19H21ClN2O3/c1-24-17-8-7-16(13-18(17)25-2)21-9-11-22(12-10-21)19(23)14-3-5-15(20)6-4-14/h3-8,13H,9-12H2,1-2H3. The molecular weight excluding hydrogens is 340 g/mol. The van der Waals surface area contributed by atoms with E-state index in [4.69, 9.17) is 21.1 Å². The van der Waals surface area contributed by atoms with Gasteiger partial charge in [-0.15, -0.1) is 0 Å². The summed E-state index contributed by atoms with van der Waals surface area (Å²) in [7, 11) is 3.25. The van der Waals surface area contributed by atoms with Gasteiger partial charge in [-0.1, -0.05) is 11.6 Å². The number of piperazine rings is 1. The highest BCUT2D eigenvalue weighted by molar-refractivity contribution is 6.30. The molecule has 0 aromatic heterocycles. The lowest BCUT2D eigenvalue weighted by Gasteiger charge is -2.36. The van der Waals surface area contributed by atoms with E-state index in [0.717, 1.165) is 18.8 Å². The first-order valence-corrected chi connectivity index (χ1v) is 8.52. The lowest BCUT2D eigenvalue weighted by molar-refractivity contribution is 0.0747. The highest BCUT2D eigenvalue weighted by Crippen LogP contribution is 2.31. The van der Waals surface area contributed by atoms with Crippen LogP contribution in [0.15, 0.2) is 42.5 Å². The van der Waals surface area contributed by atoms with Gasteiger partial charge < -0.3 is 19.3 Å². The van der Waals surface area contributed by atoms with Crippen molar-refractivity contribution in [1.29, 1.82) is 0 Å². The normalized spacial score (nSPS) is 14.4. The van der Waals surface area contributed by atoms with Crippen LogP contribution < -0.4 is 14.4 Å². The molecule has 1 heterocycles. The van der Waals surface area contributed by atoms with Crippen molar-refractivity contribution in [2.45, 2.75) is 0 Å². The fraction of sp³-hybridized carbons (Fsp3) is 0.316. The van der Waals surface area contributed by atoms with Gasteiger partial charge in [0.15, 0.2) is 11.5 Å². The molecule has 1 aliphatic heterocycles. The van der Waals surface area contributed by atoms with E-state index in [1.165, 1.54) is 0 Å². The predicted octanol–water partition coefficient (Wildman–Crippen LogP) is 3.32. The van der Waals surface area contributed by atoms with Crippen molar-refractivity contribution < 1.29 is 14.3 Å². The first-order valence-electron chi connectivity index (χ1n) is 8.14. The number of amides is 1. The number of carbonyl (C=O) groups is 1. The molecule has 0 unspecified atom stereocenters. The molecule has 1 aliphatic rings. The Kier molecular flexibility index (Phi) is 5.34. The lowest BCUT2D eigenvalue weighted by Crippen LogP contribution is -2.48. The minimum absolute atomic E-state index is 0.0450. The molecule has 0 bridgehead atoms. The molecule has 0 N–H and O–H groups in total. The second-order valence-electron chi connectivity index (χ2n) is 5.83. The van der Waals surface area contributed by atoms with Crippen LogP contribution in [0.5, 0.6) is 11.5 Å². The Labute approximate surface area is 152 Å². The van der Waals surface area contributed by atoms with E-state index in [1.54, 1.807) is 38.5 Å². The Morgan fingerprint density at radius 1 is 0.920 bits per heavy atom. The van der Waals surface area contributed by atoms with Crippen molar-refractivity contribution in [2.75, 3.05) is 45.3 Å². The number of nitrogens with zero attached hydrogens (tertiary/aromatic N) is 2. The average Bonchev–Trinajstić information content (AvgIpc) is 2.67. The number of carbonyl (C=O) groups excluding carboxylic acids is 1. The number of anilines is 1. The zero-order valence-electron chi connectivity index (χ0n) is 14.4. The summed E-state index contributed by atoms with van der Waals surface area (Å²) in [6.07, 6.45) is 0. The SMILES string of the molecule is COc1ccc(N2CCN(C(=O)c3ccc(Cl)cc3)CC2)cc1OC. The number of rotatable bonds is 4. The summed E-state index contributed by atoms with van der Waals surface area (Å²) >= 11 is 5.88. The van der Waals surface area contributed by atoms with E-state index in [2.05, 4.69) is 4.90 Å². The zero-order valence-corrected chi connectivity index (χ0v) is 15.1. The van der Waals surface area contributed by atoms with Gasteiger partial charge in [0.05, 0.1) is 14.2 Å². The van der Waals surface area contributed by atoms with Crippen LogP contribution in [0.4, 0.5) is 5.69 Å². The van der Waals surface area contributed by atoms with Crippen molar-refractivity contribution in [3.8, 4) is 11.5 Å². The first-order chi connectivity index (χ1) is 12.1. The first kappa shape index (κ1) is 17.4. The van der Waals surface area contributed by atoms with Crippen LogP contribution in [0.25, 0.3) is 0 Å². The fourth-order valence-electron chi connectivity index (χ4n) is 2.96. The van der Waals surface area contributed by atoms with Gasteiger partial charge in [-0.3, -0.25) is 4.79 Å². The van der Waals surface area contributed by atoms with Crippen LogP contribution in [-0.2, 0) is 0 Å². The Bertz CT molecular complexity index is 741. The van der Waals surface area contributed by atoms with Crippen LogP contribution >= 0.6 is 11.6 Å². The summed E-state index contributed by atoms with van der Waals surface area (Å²) in [5, 5.41) is 0.634. The molecule has 132 valence electrons. The Balaban J connectivity index is 1.65. The van der Waals surface area contributed by atoms with Crippen LogP contribution in [0.2, 0.25) is 5.02 Å². The molecule has 0 radical (unpaired) electrons. The average molecular weight is 361 g/mol. The second-order valence-corrected chi connectivity index (χ2v) is 6.26. The number of methoxy groups -OCH3 is 2. The quantitative estimate of drug-likeness (QED) is 0.838. The molecule has 0 atom stereocenters. The molecule has 0 saturated carbocycles. The molecule has 6 heteroatoms. The summed E-state index contributed by atoms with van der Waals surface area (Å²) in [6.45, 7) is 2.90. The van der Waals surface area contributed by atoms with Gasteiger partial charge in [0.25, 0.3) is 5.91 Å². The maximum Gasteiger partial charge on any atom is 0.253 e. The number of benzene rings is 2. The van der Waals surface area contributed by atoms with Crippen molar-refractivity contribution >= 4 is 23.2 Å². The molecule has 1 saturated heterocycles. The molecule has 1 amide bonds. The Morgan fingerprint density at radius 3 is 2.16 bits per heavy atom. The smallest absolute Gasteiger partial charge is 0.253 e. The van der Waals surface area contributed by atoms with E-state index < -0.39 is 0 Å². The monoisotopic (exact) mass is 360 g/mol. The van der Waals surface area contributed by atoms with Crippen LogP contribution in [0.1, 0.15) is 10.4 Å². The van der Waals surface area contributed by atoms with E-state index >= 15 is 0 Å². The maximum atomic E-state index is 12.6. The summed E-state index contributed by atoms with van der Waals surface area (Å²) < 4.78 is 10.6. The largest absolute Gasteiger partial charge is 0.493 e. The molecule has 3 rings (SSSR count). The molecule has 5 nitrogen and oxygen atoms in total. The van der Waals surface area contributed by atoms with Crippen molar-refractivity contribution in [1.82, 2.24) is 4.90 Å². The number of hydrogen-bond donors (Lipinski definition) is 0. The van der Waals surface area contributed by atoms with E-state index in [-0.39, 0.29) is 5.91 Å². The fourth-order valence-corrected chi connectivity index (χ4v) is 3.09. The topological polar surface area (TPSA) is 42.0 Å². The van der Waals surface area contributed by atoms with Crippen molar-refractivity contribution in [3.63, 3.8) is 0 Å². The molecule has 0 spiro atoms. The lowest BCUT2D eigenvalue weighted by atomic mass is 10.1. The Hall–Kier alpha value is -2.40. The zero-order chi connectivity index (χ0) is 17.8. The summed E-state index contributed by atoms with van der Waals surface area (Å²) in [4.78, 5) is 16.7. The van der Waals surface area contributed by atoms with Gasteiger partial charge in [-0.25, -0.2) is 0 Å². The predicted molar refractivity (Wildman–Crippen MR) is 99.1 cm³/mol. The molecular formula is C19H21ClN2O3. The summed E-state index contributed by atoms with van der Waals surface area (Å²) in [5.41, 5.74) is 1.74. The third-order valence-corrected chi connectivity index (χ3v) is 4.64. The maximum absolute atomic E-state index is 12.6.